The highest BCUT2D eigenvalue weighted by Crippen LogP contribution is 2.23. The third-order valence-corrected chi connectivity index (χ3v) is 7.41. The Morgan fingerprint density at radius 2 is 1.54 bits per heavy atom. The van der Waals surface area contributed by atoms with Gasteiger partial charge in [-0.1, -0.05) is 42.8 Å². The van der Waals surface area contributed by atoms with Gasteiger partial charge in [-0.15, -0.1) is 0 Å². The molecule has 1 heterocycles. The molecule has 140 valence electrons. The standard InChI is InChI=1S/C18H22N2O4S2/c21-25(22,15-16-8-3-1-4-9-16)19-17-10-7-11-18(14-17)26(23,24)20-12-5-2-6-13-20/h1,3-4,7-11,14,19H,2,5-6,12-13,15H2. The van der Waals surface area contributed by atoms with Crippen molar-refractivity contribution in [1.29, 1.82) is 0 Å². The van der Waals surface area contributed by atoms with E-state index in [2.05, 4.69) is 4.72 Å². The molecule has 1 aliphatic rings. The molecule has 0 aliphatic carbocycles. The number of rotatable bonds is 6. The van der Waals surface area contributed by atoms with Crippen LogP contribution in [0, 0.1) is 0 Å². The molecule has 0 saturated carbocycles. The molecule has 2 aromatic rings. The van der Waals surface area contributed by atoms with Gasteiger partial charge >= 0.3 is 0 Å². The summed E-state index contributed by atoms with van der Waals surface area (Å²) < 4.78 is 54.1. The molecule has 0 unspecified atom stereocenters. The molecule has 0 radical (unpaired) electrons. The number of sulfonamides is 2. The fourth-order valence-electron chi connectivity index (χ4n) is 2.98. The molecular formula is C18H22N2O4S2. The first-order valence-corrected chi connectivity index (χ1v) is 11.6. The molecule has 8 heteroatoms. The fourth-order valence-corrected chi connectivity index (χ4v) is 5.74. The van der Waals surface area contributed by atoms with Crippen LogP contribution >= 0.6 is 0 Å². The zero-order valence-corrected chi connectivity index (χ0v) is 16.0. The minimum Gasteiger partial charge on any atom is -0.283 e. The smallest absolute Gasteiger partial charge is 0.243 e. The lowest BCUT2D eigenvalue weighted by molar-refractivity contribution is 0.346. The molecular weight excluding hydrogens is 372 g/mol. The molecule has 1 N–H and O–H groups in total. The van der Waals surface area contributed by atoms with E-state index in [0.29, 0.717) is 18.7 Å². The largest absolute Gasteiger partial charge is 0.283 e. The first kappa shape index (κ1) is 18.9. The molecule has 0 amide bonds. The molecule has 0 bridgehead atoms. The summed E-state index contributed by atoms with van der Waals surface area (Å²) in [5, 5.41) is 0. The quantitative estimate of drug-likeness (QED) is 0.817. The highest BCUT2D eigenvalue weighted by atomic mass is 32.2. The molecule has 0 atom stereocenters. The first-order valence-electron chi connectivity index (χ1n) is 8.51. The van der Waals surface area contributed by atoms with E-state index in [0.717, 1.165) is 19.3 Å². The van der Waals surface area contributed by atoms with Crippen LogP contribution in [0.2, 0.25) is 0 Å². The number of hydrogen-bond donors (Lipinski definition) is 1. The van der Waals surface area contributed by atoms with Crippen molar-refractivity contribution in [1.82, 2.24) is 4.31 Å². The van der Waals surface area contributed by atoms with Crippen LogP contribution in [0.4, 0.5) is 5.69 Å². The van der Waals surface area contributed by atoms with E-state index in [4.69, 9.17) is 0 Å². The second-order valence-electron chi connectivity index (χ2n) is 6.34. The fraction of sp³-hybridized carbons (Fsp3) is 0.333. The zero-order valence-electron chi connectivity index (χ0n) is 14.3. The molecule has 0 aromatic heterocycles. The minimum atomic E-state index is -3.63. The average molecular weight is 395 g/mol. The molecule has 26 heavy (non-hydrogen) atoms. The van der Waals surface area contributed by atoms with Gasteiger partial charge in [0.2, 0.25) is 20.0 Å². The van der Waals surface area contributed by atoms with Crippen LogP contribution in [0.1, 0.15) is 24.8 Å². The summed E-state index contributed by atoms with van der Waals surface area (Å²) in [6.45, 7) is 1.01. The van der Waals surface area contributed by atoms with Crippen molar-refractivity contribution in [2.45, 2.75) is 29.9 Å². The number of hydrogen-bond acceptors (Lipinski definition) is 4. The summed E-state index contributed by atoms with van der Waals surface area (Å²) in [7, 11) is -7.23. The second kappa shape index (κ2) is 7.77. The van der Waals surface area contributed by atoms with Crippen LogP contribution in [0.5, 0.6) is 0 Å². The lowest BCUT2D eigenvalue weighted by Gasteiger charge is -2.26. The Hall–Kier alpha value is -1.90. The van der Waals surface area contributed by atoms with Gasteiger partial charge in [0.25, 0.3) is 0 Å². The van der Waals surface area contributed by atoms with E-state index >= 15 is 0 Å². The SMILES string of the molecule is O=S(=O)(Cc1ccccc1)Nc1cccc(S(=O)(=O)N2CCCCC2)c1. The van der Waals surface area contributed by atoms with Gasteiger partial charge in [-0.2, -0.15) is 4.31 Å². The number of nitrogens with one attached hydrogen (secondary N) is 1. The normalized spacial score (nSPS) is 16.3. The molecule has 2 aromatic carbocycles. The molecule has 3 rings (SSSR count). The van der Waals surface area contributed by atoms with Crippen molar-refractivity contribution in [3.63, 3.8) is 0 Å². The van der Waals surface area contributed by atoms with Crippen molar-refractivity contribution in [3.05, 3.63) is 60.2 Å². The van der Waals surface area contributed by atoms with Gasteiger partial charge in [0.05, 0.1) is 10.6 Å². The van der Waals surface area contributed by atoms with E-state index < -0.39 is 20.0 Å². The van der Waals surface area contributed by atoms with Crippen molar-refractivity contribution in [2.24, 2.45) is 0 Å². The molecule has 1 fully saturated rings. The summed E-state index contributed by atoms with van der Waals surface area (Å²) in [5.74, 6) is -0.170. The van der Waals surface area contributed by atoms with Gasteiger partial charge in [0.1, 0.15) is 0 Å². The van der Waals surface area contributed by atoms with E-state index in [1.54, 1.807) is 36.4 Å². The van der Waals surface area contributed by atoms with Crippen molar-refractivity contribution in [3.8, 4) is 0 Å². The summed E-state index contributed by atoms with van der Waals surface area (Å²) in [5.41, 5.74) is 0.913. The topological polar surface area (TPSA) is 83.5 Å². The third kappa shape index (κ3) is 4.63. The van der Waals surface area contributed by atoms with E-state index in [1.807, 2.05) is 6.07 Å². The highest BCUT2D eigenvalue weighted by Gasteiger charge is 2.26. The Morgan fingerprint density at radius 1 is 0.846 bits per heavy atom. The van der Waals surface area contributed by atoms with Crippen molar-refractivity contribution >= 4 is 25.7 Å². The molecule has 6 nitrogen and oxygen atoms in total. The Labute approximate surface area is 155 Å². The third-order valence-electron chi connectivity index (χ3n) is 4.26. The monoisotopic (exact) mass is 394 g/mol. The molecule has 1 aliphatic heterocycles. The Balaban J connectivity index is 1.79. The summed E-state index contributed by atoms with van der Waals surface area (Å²) in [6, 6.07) is 14.8. The van der Waals surface area contributed by atoms with Crippen LogP contribution in [-0.2, 0) is 25.8 Å². The number of benzene rings is 2. The maximum Gasteiger partial charge on any atom is 0.243 e. The zero-order chi connectivity index (χ0) is 18.6. The van der Waals surface area contributed by atoms with Crippen molar-refractivity contribution < 1.29 is 16.8 Å². The van der Waals surface area contributed by atoms with Gasteiger partial charge in [-0.3, -0.25) is 4.72 Å². The Bertz CT molecular complexity index is 952. The van der Waals surface area contributed by atoms with E-state index in [-0.39, 0.29) is 16.3 Å². The summed E-state index contributed by atoms with van der Waals surface area (Å²) in [4.78, 5) is 0.110. The summed E-state index contributed by atoms with van der Waals surface area (Å²) >= 11 is 0. The molecule has 1 saturated heterocycles. The summed E-state index contributed by atoms with van der Waals surface area (Å²) in [6.07, 6.45) is 2.73. The van der Waals surface area contributed by atoms with Crippen LogP contribution in [0.25, 0.3) is 0 Å². The predicted octanol–water partition coefficient (Wildman–Crippen LogP) is 2.80. The minimum absolute atomic E-state index is 0.110. The number of anilines is 1. The van der Waals surface area contributed by atoms with Gasteiger partial charge in [0, 0.05) is 18.8 Å². The average Bonchev–Trinajstić information content (AvgIpc) is 2.62. The number of nitrogens with zero attached hydrogens (tertiary/aromatic N) is 1. The van der Waals surface area contributed by atoms with Crippen molar-refractivity contribution in [2.75, 3.05) is 17.8 Å². The maximum absolute atomic E-state index is 12.7. The van der Waals surface area contributed by atoms with E-state index in [9.17, 15) is 16.8 Å². The number of piperidine rings is 1. The van der Waals surface area contributed by atoms with Crippen LogP contribution < -0.4 is 4.72 Å². The van der Waals surface area contributed by atoms with Crippen LogP contribution in [-0.4, -0.2) is 34.2 Å². The first-order chi connectivity index (χ1) is 12.4. The van der Waals surface area contributed by atoms with E-state index in [1.165, 1.54) is 16.4 Å². The Kier molecular flexibility index (Phi) is 5.64. The van der Waals surface area contributed by atoms with Gasteiger partial charge in [0.15, 0.2) is 0 Å². The second-order valence-corrected chi connectivity index (χ2v) is 10.00. The van der Waals surface area contributed by atoms with Gasteiger partial charge < -0.3 is 0 Å². The van der Waals surface area contributed by atoms with Crippen LogP contribution in [0.15, 0.2) is 59.5 Å². The van der Waals surface area contributed by atoms with Gasteiger partial charge in [-0.25, -0.2) is 16.8 Å². The molecule has 0 spiro atoms. The van der Waals surface area contributed by atoms with Crippen LogP contribution in [0.3, 0.4) is 0 Å². The maximum atomic E-state index is 12.7. The lowest BCUT2D eigenvalue weighted by atomic mass is 10.2. The predicted molar refractivity (Wildman–Crippen MR) is 102 cm³/mol. The van der Waals surface area contributed by atoms with Gasteiger partial charge in [-0.05, 0) is 36.6 Å². The highest BCUT2D eigenvalue weighted by molar-refractivity contribution is 7.92. The lowest BCUT2D eigenvalue weighted by Crippen LogP contribution is -2.35. The Morgan fingerprint density at radius 3 is 2.23 bits per heavy atom.